The standard InChI is InChI=1S/C17H23ClN2O4/c1-11(18)17(23)20-9-7-13(8-10-20)19-16(22)12(2)24-15-5-3-14(21)4-6-15/h3-6,11-13,21H,7-10H2,1-2H3,(H,19,22). The van der Waals surface area contributed by atoms with Crippen molar-refractivity contribution in [3.05, 3.63) is 24.3 Å². The predicted octanol–water partition coefficient (Wildman–Crippen LogP) is 1.89. The van der Waals surface area contributed by atoms with E-state index in [2.05, 4.69) is 5.32 Å². The maximum Gasteiger partial charge on any atom is 0.260 e. The van der Waals surface area contributed by atoms with Gasteiger partial charge in [-0.3, -0.25) is 9.59 Å². The average molecular weight is 355 g/mol. The van der Waals surface area contributed by atoms with Crippen molar-refractivity contribution < 1.29 is 19.4 Å². The van der Waals surface area contributed by atoms with Crippen LogP contribution in [0.25, 0.3) is 0 Å². The molecule has 0 saturated carbocycles. The summed E-state index contributed by atoms with van der Waals surface area (Å²) in [5.41, 5.74) is 0. The number of carbonyl (C=O) groups excluding carboxylic acids is 2. The van der Waals surface area contributed by atoms with Crippen LogP contribution < -0.4 is 10.1 Å². The molecule has 2 rings (SSSR count). The van der Waals surface area contributed by atoms with Gasteiger partial charge in [-0.25, -0.2) is 0 Å². The number of halogens is 1. The normalized spacial score (nSPS) is 17.9. The second kappa shape index (κ2) is 8.24. The summed E-state index contributed by atoms with van der Waals surface area (Å²) in [6, 6.07) is 6.25. The molecule has 2 atom stereocenters. The fraction of sp³-hybridized carbons (Fsp3) is 0.529. The van der Waals surface area contributed by atoms with Gasteiger partial charge in [0, 0.05) is 19.1 Å². The Labute approximate surface area is 146 Å². The molecule has 6 nitrogen and oxygen atoms in total. The molecule has 1 fully saturated rings. The summed E-state index contributed by atoms with van der Waals surface area (Å²) in [5, 5.41) is 11.7. The largest absolute Gasteiger partial charge is 0.508 e. The van der Waals surface area contributed by atoms with Crippen molar-refractivity contribution in [3.63, 3.8) is 0 Å². The highest BCUT2D eigenvalue weighted by Crippen LogP contribution is 2.18. The van der Waals surface area contributed by atoms with Crippen molar-refractivity contribution in [2.45, 2.75) is 44.2 Å². The lowest BCUT2D eigenvalue weighted by atomic mass is 10.0. The predicted molar refractivity (Wildman–Crippen MR) is 91.3 cm³/mol. The molecule has 0 bridgehead atoms. The fourth-order valence-electron chi connectivity index (χ4n) is 2.60. The van der Waals surface area contributed by atoms with Crippen LogP contribution in [0.5, 0.6) is 11.5 Å². The first kappa shape index (κ1) is 18.4. The van der Waals surface area contributed by atoms with Crippen LogP contribution in [-0.2, 0) is 9.59 Å². The van der Waals surface area contributed by atoms with Gasteiger partial charge in [-0.15, -0.1) is 11.6 Å². The number of likely N-dealkylation sites (tertiary alicyclic amines) is 1. The Bertz CT molecular complexity index is 568. The Morgan fingerprint density at radius 2 is 1.83 bits per heavy atom. The van der Waals surface area contributed by atoms with Gasteiger partial charge in [0.25, 0.3) is 5.91 Å². The van der Waals surface area contributed by atoms with Crippen LogP contribution in [0.4, 0.5) is 0 Å². The third-order valence-electron chi connectivity index (χ3n) is 4.01. The van der Waals surface area contributed by atoms with Crippen molar-refractivity contribution in [1.82, 2.24) is 10.2 Å². The Morgan fingerprint density at radius 1 is 1.25 bits per heavy atom. The second-order valence-corrected chi connectivity index (χ2v) is 6.63. The number of amides is 2. The molecule has 0 aromatic heterocycles. The zero-order chi connectivity index (χ0) is 17.7. The van der Waals surface area contributed by atoms with Crippen LogP contribution in [0.1, 0.15) is 26.7 Å². The molecule has 1 saturated heterocycles. The number of nitrogens with one attached hydrogen (secondary N) is 1. The van der Waals surface area contributed by atoms with Gasteiger partial charge in [0.15, 0.2) is 6.10 Å². The molecule has 2 amide bonds. The average Bonchev–Trinajstić information content (AvgIpc) is 2.56. The number of piperidine rings is 1. The first-order valence-corrected chi connectivity index (χ1v) is 8.49. The number of alkyl halides is 1. The van der Waals surface area contributed by atoms with Gasteiger partial charge in [-0.1, -0.05) is 0 Å². The van der Waals surface area contributed by atoms with E-state index in [-0.39, 0.29) is 23.6 Å². The number of hydrogen-bond acceptors (Lipinski definition) is 4. The molecule has 1 aliphatic rings. The number of benzene rings is 1. The third-order valence-corrected chi connectivity index (χ3v) is 4.20. The van der Waals surface area contributed by atoms with Gasteiger partial charge < -0.3 is 20.1 Å². The number of nitrogens with zero attached hydrogens (tertiary/aromatic N) is 1. The van der Waals surface area contributed by atoms with Crippen LogP contribution in [-0.4, -0.2) is 52.4 Å². The van der Waals surface area contributed by atoms with Crippen LogP contribution in [0.3, 0.4) is 0 Å². The molecular weight excluding hydrogens is 332 g/mol. The highest BCUT2D eigenvalue weighted by atomic mass is 35.5. The maximum absolute atomic E-state index is 12.2. The molecule has 132 valence electrons. The summed E-state index contributed by atoms with van der Waals surface area (Å²) in [6.45, 7) is 4.53. The summed E-state index contributed by atoms with van der Waals surface area (Å²) in [7, 11) is 0. The summed E-state index contributed by atoms with van der Waals surface area (Å²) < 4.78 is 5.56. The van der Waals surface area contributed by atoms with E-state index in [1.54, 1.807) is 30.9 Å². The van der Waals surface area contributed by atoms with E-state index in [4.69, 9.17) is 16.3 Å². The molecular formula is C17H23ClN2O4. The summed E-state index contributed by atoms with van der Waals surface area (Å²) in [4.78, 5) is 25.8. The first-order chi connectivity index (χ1) is 11.4. The fourth-order valence-corrected chi connectivity index (χ4v) is 2.73. The maximum atomic E-state index is 12.2. The molecule has 24 heavy (non-hydrogen) atoms. The van der Waals surface area contributed by atoms with Crippen LogP contribution in [0.15, 0.2) is 24.3 Å². The number of hydrogen-bond donors (Lipinski definition) is 2. The Morgan fingerprint density at radius 3 is 2.38 bits per heavy atom. The first-order valence-electron chi connectivity index (χ1n) is 8.05. The minimum absolute atomic E-state index is 0.0260. The number of ether oxygens (including phenoxy) is 1. The summed E-state index contributed by atoms with van der Waals surface area (Å²) in [5.74, 6) is 0.406. The molecule has 0 radical (unpaired) electrons. The number of rotatable bonds is 5. The summed E-state index contributed by atoms with van der Waals surface area (Å²) >= 11 is 5.82. The van der Waals surface area contributed by atoms with Gasteiger partial charge >= 0.3 is 0 Å². The smallest absolute Gasteiger partial charge is 0.260 e. The van der Waals surface area contributed by atoms with Gasteiger partial charge in [0.05, 0.1) is 0 Å². The van der Waals surface area contributed by atoms with Gasteiger partial charge in [0.1, 0.15) is 16.9 Å². The lowest BCUT2D eigenvalue weighted by Gasteiger charge is -2.33. The SMILES string of the molecule is CC(Cl)C(=O)N1CCC(NC(=O)C(C)Oc2ccc(O)cc2)CC1. The zero-order valence-corrected chi connectivity index (χ0v) is 14.6. The summed E-state index contributed by atoms with van der Waals surface area (Å²) in [6.07, 6.45) is 0.761. The molecule has 2 N–H and O–H groups in total. The van der Waals surface area contributed by atoms with E-state index in [0.29, 0.717) is 31.7 Å². The topological polar surface area (TPSA) is 78.9 Å². The van der Waals surface area contributed by atoms with Gasteiger partial charge in [0.2, 0.25) is 5.91 Å². The van der Waals surface area contributed by atoms with Crippen molar-refractivity contribution >= 4 is 23.4 Å². The highest BCUT2D eigenvalue weighted by Gasteiger charge is 2.27. The van der Waals surface area contributed by atoms with Crippen molar-refractivity contribution in [2.24, 2.45) is 0 Å². The molecule has 1 aromatic carbocycles. The minimum Gasteiger partial charge on any atom is -0.508 e. The van der Waals surface area contributed by atoms with E-state index in [9.17, 15) is 14.7 Å². The van der Waals surface area contributed by atoms with Crippen LogP contribution in [0.2, 0.25) is 0 Å². The van der Waals surface area contributed by atoms with E-state index >= 15 is 0 Å². The molecule has 1 aliphatic heterocycles. The molecule has 7 heteroatoms. The highest BCUT2D eigenvalue weighted by molar-refractivity contribution is 6.30. The Kier molecular flexibility index (Phi) is 6.31. The van der Waals surface area contributed by atoms with Gasteiger partial charge in [-0.05, 0) is 51.0 Å². The van der Waals surface area contributed by atoms with Crippen LogP contribution >= 0.6 is 11.6 Å². The monoisotopic (exact) mass is 354 g/mol. The second-order valence-electron chi connectivity index (χ2n) is 5.98. The van der Waals surface area contributed by atoms with E-state index < -0.39 is 11.5 Å². The van der Waals surface area contributed by atoms with Gasteiger partial charge in [-0.2, -0.15) is 0 Å². The van der Waals surface area contributed by atoms with Crippen molar-refractivity contribution in [3.8, 4) is 11.5 Å². The van der Waals surface area contributed by atoms with Crippen molar-refractivity contribution in [1.29, 1.82) is 0 Å². The van der Waals surface area contributed by atoms with E-state index in [1.165, 1.54) is 12.1 Å². The number of carbonyl (C=O) groups is 2. The zero-order valence-electron chi connectivity index (χ0n) is 13.9. The van der Waals surface area contributed by atoms with Crippen molar-refractivity contribution in [2.75, 3.05) is 13.1 Å². The molecule has 1 heterocycles. The Hall–Kier alpha value is -1.95. The third kappa shape index (κ3) is 5.03. The van der Waals surface area contributed by atoms with Crippen LogP contribution in [0, 0.1) is 0 Å². The lowest BCUT2D eigenvalue weighted by Crippen LogP contribution is -2.50. The molecule has 2 unspecified atom stereocenters. The Balaban J connectivity index is 1.78. The molecule has 0 spiro atoms. The quantitative estimate of drug-likeness (QED) is 0.791. The molecule has 1 aromatic rings. The number of phenols is 1. The molecule has 0 aliphatic carbocycles. The van der Waals surface area contributed by atoms with E-state index in [0.717, 1.165) is 0 Å². The number of phenolic OH excluding ortho intramolecular Hbond substituents is 1. The number of aromatic hydroxyl groups is 1. The lowest BCUT2D eigenvalue weighted by molar-refractivity contribution is -0.132. The minimum atomic E-state index is -0.642. The van der Waals surface area contributed by atoms with E-state index in [1.807, 2.05) is 0 Å².